The van der Waals surface area contributed by atoms with Gasteiger partial charge in [-0.25, -0.2) is 14.5 Å². The summed E-state index contributed by atoms with van der Waals surface area (Å²) in [4.78, 5) is 34.3. The Morgan fingerprint density at radius 3 is 0.865 bits per heavy atom. The summed E-state index contributed by atoms with van der Waals surface area (Å²) in [5.41, 5.74) is 6.84. The first-order valence-corrected chi connectivity index (χ1v) is 10.0. The second-order valence-corrected chi connectivity index (χ2v) is 6.69. The minimum atomic E-state index is 0. The van der Waals surface area contributed by atoms with Gasteiger partial charge in [-0.1, -0.05) is 72.8 Å². The van der Waals surface area contributed by atoms with Crippen molar-refractivity contribution in [1.82, 2.24) is 0 Å². The number of rotatable bonds is 3. The SMILES string of the molecule is [C-]#[N+]c1ccccc1-c1cc(-c2ccccc2[N+]#[C-])cc(-c2ccccc2[N+]#[C-])c1.[CH-]=O.[CH-]=O.[CH-]=O.[Mo]. The fourth-order valence-electron chi connectivity index (χ4n) is 3.54. The minimum Gasteiger partial charge on any atom is -0.545 e. The molecule has 4 aromatic carbocycles. The second-order valence-electron chi connectivity index (χ2n) is 6.69. The third kappa shape index (κ3) is 7.78. The predicted octanol–water partition coefficient (Wildman–Crippen LogP) is 7.52. The Balaban J connectivity index is 0.00000173. The van der Waals surface area contributed by atoms with E-state index in [2.05, 4.69) is 34.9 Å². The van der Waals surface area contributed by atoms with Crippen LogP contribution in [0.1, 0.15) is 0 Å². The van der Waals surface area contributed by atoms with Gasteiger partial charge < -0.3 is 14.4 Å². The van der Waals surface area contributed by atoms with Gasteiger partial charge in [0.05, 0.1) is 19.7 Å². The molecule has 0 amide bonds. The van der Waals surface area contributed by atoms with Gasteiger partial charge in [0.15, 0.2) is 17.1 Å². The van der Waals surface area contributed by atoms with Gasteiger partial charge in [0.2, 0.25) is 0 Å². The van der Waals surface area contributed by atoms with E-state index in [9.17, 15) is 0 Å². The molecule has 4 aromatic rings. The maximum Gasteiger partial charge on any atom is 0.194 e. The molecule has 0 fully saturated rings. The molecule has 0 bridgehead atoms. The Morgan fingerprint density at radius 2 is 0.649 bits per heavy atom. The van der Waals surface area contributed by atoms with Gasteiger partial charge in [0, 0.05) is 21.1 Å². The number of hydrogen-bond acceptors (Lipinski definition) is 3. The molecule has 0 aromatic heterocycles. The molecule has 0 aliphatic rings. The Bertz CT molecular complexity index is 1260. The summed E-state index contributed by atoms with van der Waals surface area (Å²) in [5.74, 6) is 0. The first-order valence-electron chi connectivity index (χ1n) is 10.0. The summed E-state index contributed by atoms with van der Waals surface area (Å²) >= 11 is 0. The Labute approximate surface area is 230 Å². The normalized spacial score (nSPS) is 8.35. The molecule has 4 rings (SSSR count). The summed E-state index contributed by atoms with van der Waals surface area (Å²) in [5, 5.41) is 0. The van der Waals surface area contributed by atoms with Crippen molar-refractivity contribution in [3.8, 4) is 33.4 Å². The number of nitrogens with zero attached hydrogens (tertiary/aromatic N) is 3. The van der Waals surface area contributed by atoms with Crippen LogP contribution in [0.25, 0.3) is 47.9 Å². The third-order valence-electron chi connectivity index (χ3n) is 4.94. The van der Waals surface area contributed by atoms with Crippen molar-refractivity contribution in [3.05, 3.63) is 125 Å². The molecule has 0 N–H and O–H groups in total. The van der Waals surface area contributed by atoms with E-state index in [1.165, 1.54) is 0 Å². The average molecular weight is 564 g/mol. The van der Waals surface area contributed by atoms with Crippen LogP contribution in [-0.4, -0.2) is 20.4 Å². The Morgan fingerprint density at radius 1 is 0.432 bits per heavy atom. The van der Waals surface area contributed by atoms with E-state index in [-0.39, 0.29) is 21.1 Å². The quantitative estimate of drug-likeness (QED) is 0.147. The van der Waals surface area contributed by atoms with Crippen LogP contribution in [0, 0.1) is 19.7 Å². The van der Waals surface area contributed by atoms with Crippen molar-refractivity contribution in [2.24, 2.45) is 0 Å². The first-order chi connectivity index (χ1) is 17.7. The van der Waals surface area contributed by atoms with E-state index >= 15 is 0 Å². The molecule has 0 aliphatic carbocycles. The van der Waals surface area contributed by atoms with Crippen molar-refractivity contribution in [3.63, 3.8) is 0 Å². The zero-order valence-corrected chi connectivity index (χ0v) is 21.4. The van der Waals surface area contributed by atoms with Crippen molar-refractivity contribution in [2.75, 3.05) is 0 Å². The summed E-state index contributed by atoms with van der Waals surface area (Å²) < 4.78 is 0. The summed E-state index contributed by atoms with van der Waals surface area (Å²) in [6.07, 6.45) is 0. The van der Waals surface area contributed by atoms with E-state index in [4.69, 9.17) is 34.1 Å². The summed E-state index contributed by atoms with van der Waals surface area (Å²) in [6, 6.07) is 28.5. The zero-order valence-electron chi connectivity index (χ0n) is 19.4. The van der Waals surface area contributed by atoms with Crippen LogP contribution in [0.3, 0.4) is 0 Å². The molecular weight excluding hydrogens is 546 g/mol. The average Bonchev–Trinajstić information content (AvgIpc) is 2.99. The standard InChI is InChI=1S/C27H15N3.3CHO.Mo/c1-28-25-13-7-4-10-22(25)19-16-20(23-11-5-8-14-26(23)29-2)18-21(17-19)24-12-6-9-15-27(24)30-3;3*1-2;/h4-18H;3*1H;/q;3*-1;. The molecule has 0 unspecified atom stereocenters. The summed E-state index contributed by atoms with van der Waals surface area (Å²) in [6.45, 7) is 32.4. The molecule has 0 atom stereocenters. The van der Waals surface area contributed by atoms with E-state index in [1.54, 1.807) is 18.2 Å². The molecule has 0 heterocycles. The van der Waals surface area contributed by atoms with Crippen molar-refractivity contribution in [2.45, 2.75) is 0 Å². The molecule has 7 heteroatoms. The minimum absolute atomic E-state index is 0. The van der Waals surface area contributed by atoms with E-state index in [0.29, 0.717) is 17.1 Å². The molecule has 0 spiro atoms. The topological polar surface area (TPSA) is 64.3 Å². The number of carbonyl (C=O) groups excluding carboxylic acids is 3. The monoisotopic (exact) mass is 566 g/mol. The van der Waals surface area contributed by atoms with Gasteiger partial charge >= 0.3 is 0 Å². The fraction of sp³-hybridized carbons (Fsp3) is 0. The van der Waals surface area contributed by atoms with E-state index in [0.717, 1.165) is 33.4 Å². The van der Waals surface area contributed by atoms with Gasteiger partial charge in [-0.05, 0) is 51.6 Å². The molecule has 0 saturated carbocycles. The van der Waals surface area contributed by atoms with Crippen LogP contribution in [0.5, 0.6) is 0 Å². The van der Waals surface area contributed by atoms with Crippen LogP contribution in [0.2, 0.25) is 0 Å². The van der Waals surface area contributed by atoms with Crippen molar-refractivity contribution in [1.29, 1.82) is 0 Å². The summed E-state index contributed by atoms with van der Waals surface area (Å²) in [7, 11) is 0. The maximum atomic E-state index is 7.75. The second kappa shape index (κ2) is 17.5. The van der Waals surface area contributed by atoms with Gasteiger partial charge in [0.1, 0.15) is 0 Å². The zero-order chi connectivity index (χ0) is 26.9. The van der Waals surface area contributed by atoms with Crippen LogP contribution in [-0.2, 0) is 35.4 Å². The van der Waals surface area contributed by atoms with Crippen molar-refractivity contribution < 1.29 is 35.4 Å². The Hall–Kier alpha value is -4.95. The molecule has 180 valence electrons. The maximum absolute atomic E-state index is 7.75. The molecule has 0 radical (unpaired) electrons. The molecule has 37 heavy (non-hydrogen) atoms. The van der Waals surface area contributed by atoms with Gasteiger partial charge in [0.25, 0.3) is 0 Å². The van der Waals surface area contributed by atoms with Crippen LogP contribution in [0.4, 0.5) is 17.1 Å². The smallest absolute Gasteiger partial charge is 0.194 e. The number of para-hydroxylation sites is 3. The third-order valence-corrected chi connectivity index (χ3v) is 4.94. The Kier molecular flexibility index (Phi) is 15.1. The van der Waals surface area contributed by atoms with Gasteiger partial charge in [-0.2, -0.15) is 0 Å². The van der Waals surface area contributed by atoms with Crippen LogP contribution >= 0.6 is 0 Å². The largest absolute Gasteiger partial charge is 0.545 e. The van der Waals surface area contributed by atoms with Gasteiger partial charge in [-0.15, -0.1) is 0 Å². The molecule has 0 saturated heterocycles. The fourth-order valence-corrected chi connectivity index (χ4v) is 3.54. The van der Waals surface area contributed by atoms with E-state index < -0.39 is 0 Å². The first kappa shape index (κ1) is 32.0. The number of hydrogen-bond donors (Lipinski definition) is 0. The predicted molar refractivity (Wildman–Crippen MR) is 142 cm³/mol. The van der Waals surface area contributed by atoms with Crippen molar-refractivity contribution >= 4 is 37.4 Å². The molecule has 6 nitrogen and oxygen atoms in total. The van der Waals surface area contributed by atoms with Crippen LogP contribution in [0.15, 0.2) is 91.0 Å². The number of benzene rings is 4. The van der Waals surface area contributed by atoms with Crippen LogP contribution < -0.4 is 0 Å². The van der Waals surface area contributed by atoms with E-state index in [1.807, 2.05) is 72.8 Å². The molecule has 0 aliphatic heterocycles. The molecular formula is C30H18MoN3O3-3. The van der Waals surface area contributed by atoms with Gasteiger partial charge in [-0.3, -0.25) is 20.4 Å².